The average Bonchev–Trinajstić information content (AvgIpc) is 2.84. The molecule has 0 fully saturated rings. The molecule has 108 valence electrons. The molecule has 2 aromatic heterocycles. The SMILES string of the molecule is Cc1cccc(CCn2c(C(C)Cl)nc3cnccc32)c1. The third-order valence-corrected chi connectivity index (χ3v) is 3.84. The third-order valence-electron chi connectivity index (χ3n) is 3.64. The summed E-state index contributed by atoms with van der Waals surface area (Å²) in [5.41, 5.74) is 4.63. The van der Waals surface area contributed by atoms with E-state index in [1.54, 1.807) is 12.4 Å². The van der Waals surface area contributed by atoms with E-state index in [4.69, 9.17) is 11.6 Å². The van der Waals surface area contributed by atoms with Crippen LogP contribution >= 0.6 is 11.6 Å². The summed E-state index contributed by atoms with van der Waals surface area (Å²) in [6, 6.07) is 10.6. The van der Waals surface area contributed by atoms with E-state index >= 15 is 0 Å². The molecule has 0 radical (unpaired) electrons. The fourth-order valence-corrected chi connectivity index (χ4v) is 2.81. The molecule has 21 heavy (non-hydrogen) atoms. The van der Waals surface area contributed by atoms with E-state index in [2.05, 4.69) is 45.7 Å². The van der Waals surface area contributed by atoms with Crippen LogP contribution in [0.15, 0.2) is 42.7 Å². The van der Waals surface area contributed by atoms with Crippen molar-refractivity contribution in [2.24, 2.45) is 0 Å². The lowest BCUT2D eigenvalue weighted by Gasteiger charge is -2.11. The van der Waals surface area contributed by atoms with Gasteiger partial charge in [0.2, 0.25) is 0 Å². The Labute approximate surface area is 129 Å². The minimum Gasteiger partial charge on any atom is -0.326 e. The summed E-state index contributed by atoms with van der Waals surface area (Å²) in [6.07, 6.45) is 4.56. The summed E-state index contributed by atoms with van der Waals surface area (Å²) in [5, 5.41) is -0.116. The van der Waals surface area contributed by atoms with E-state index in [0.29, 0.717) is 0 Å². The Morgan fingerprint density at radius 2 is 2.14 bits per heavy atom. The predicted octanol–water partition coefficient (Wildman–Crippen LogP) is 4.28. The number of rotatable bonds is 4. The zero-order chi connectivity index (χ0) is 14.8. The number of benzene rings is 1. The Bertz CT molecular complexity index is 762. The zero-order valence-electron chi connectivity index (χ0n) is 12.3. The highest BCUT2D eigenvalue weighted by molar-refractivity contribution is 6.20. The molecule has 0 saturated heterocycles. The van der Waals surface area contributed by atoms with Crippen LogP contribution in [0.3, 0.4) is 0 Å². The summed E-state index contributed by atoms with van der Waals surface area (Å²) in [5.74, 6) is 0.910. The fourth-order valence-electron chi connectivity index (χ4n) is 2.65. The van der Waals surface area contributed by atoms with Gasteiger partial charge >= 0.3 is 0 Å². The van der Waals surface area contributed by atoms with Crippen LogP contribution in [-0.2, 0) is 13.0 Å². The first-order valence-electron chi connectivity index (χ1n) is 7.15. The maximum Gasteiger partial charge on any atom is 0.127 e. The van der Waals surface area contributed by atoms with Crippen molar-refractivity contribution in [2.45, 2.75) is 32.2 Å². The van der Waals surface area contributed by atoms with Gasteiger partial charge in [-0.15, -0.1) is 11.6 Å². The maximum atomic E-state index is 6.28. The van der Waals surface area contributed by atoms with Gasteiger partial charge in [0.25, 0.3) is 0 Å². The molecule has 0 saturated carbocycles. The molecule has 1 atom stereocenters. The lowest BCUT2D eigenvalue weighted by molar-refractivity contribution is 0.668. The van der Waals surface area contributed by atoms with Crippen molar-refractivity contribution < 1.29 is 0 Å². The van der Waals surface area contributed by atoms with Crippen molar-refractivity contribution in [1.29, 1.82) is 0 Å². The number of nitrogens with zero attached hydrogens (tertiary/aromatic N) is 3. The van der Waals surface area contributed by atoms with Crippen LogP contribution in [0, 0.1) is 6.92 Å². The second kappa shape index (κ2) is 5.86. The van der Waals surface area contributed by atoms with Gasteiger partial charge in [0, 0.05) is 12.7 Å². The van der Waals surface area contributed by atoms with E-state index < -0.39 is 0 Å². The molecule has 1 unspecified atom stereocenters. The number of fused-ring (bicyclic) bond motifs is 1. The molecule has 2 heterocycles. The van der Waals surface area contributed by atoms with Crippen LogP contribution in [-0.4, -0.2) is 14.5 Å². The van der Waals surface area contributed by atoms with Gasteiger partial charge in [-0.2, -0.15) is 0 Å². The van der Waals surface area contributed by atoms with Gasteiger partial charge < -0.3 is 4.57 Å². The monoisotopic (exact) mass is 299 g/mol. The Morgan fingerprint density at radius 3 is 2.90 bits per heavy atom. The molecule has 0 spiro atoms. The quantitative estimate of drug-likeness (QED) is 0.673. The molecule has 0 aliphatic rings. The summed E-state index contributed by atoms with van der Waals surface area (Å²) in [6.45, 7) is 4.95. The molecule has 4 heteroatoms. The van der Waals surface area contributed by atoms with Gasteiger partial charge in [0.15, 0.2) is 0 Å². The number of pyridine rings is 1. The minimum absolute atomic E-state index is 0.116. The Hall–Kier alpha value is -1.87. The van der Waals surface area contributed by atoms with Crippen LogP contribution < -0.4 is 0 Å². The van der Waals surface area contributed by atoms with Gasteiger partial charge in [-0.05, 0) is 31.9 Å². The number of aromatic nitrogens is 3. The normalized spacial score (nSPS) is 12.7. The second-order valence-electron chi connectivity index (χ2n) is 5.34. The molecular weight excluding hydrogens is 282 g/mol. The average molecular weight is 300 g/mol. The van der Waals surface area contributed by atoms with Crippen LogP contribution in [0.2, 0.25) is 0 Å². The van der Waals surface area contributed by atoms with E-state index in [0.717, 1.165) is 29.8 Å². The number of aryl methyl sites for hydroxylation is 3. The van der Waals surface area contributed by atoms with Crippen molar-refractivity contribution in [1.82, 2.24) is 14.5 Å². The van der Waals surface area contributed by atoms with Crippen molar-refractivity contribution in [3.05, 3.63) is 59.7 Å². The third kappa shape index (κ3) is 2.93. The van der Waals surface area contributed by atoms with Crippen molar-refractivity contribution >= 4 is 22.6 Å². The molecule has 0 amide bonds. The van der Waals surface area contributed by atoms with Crippen LogP contribution in [0.25, 0.3) is 11.0 Å². The van der Waals surface area contributed by atoms with Crippen molar-refractivity contribution in [3.63, 3.8) is 0 Å². The topological polar surface area (TPSA) is 30.7 Å². The van der Waals surface area contributed by atoms with E-state index in [1.807, 2.05) is 13.0 Å². The molecule has 3 nitrogen and oxygen atoms in total. The van der Waals surface area contributed by atoms with E-state index in [-0.39, 0.29) is 5.38 Å². The molecule has 0 aliphatic carbocycles. The van der Waals surface area contributed by atoms with Gasteiger partial charge in [-0.3, -0.25) is 4.98 Å². The first kappa shape index (κ1) is 14.1. The molecule has 0 bridgehead atoms. The highest BCUT2D eigenvalue weighted by atomic mass is 35.5. The number of hydrogen-bond donors (Lipinski definition) is 0. The van der Waals surface area contributed by atoms with Gasteiger partial charge in [0.05, 0.1) is 17.1 Å². The lowest BCUT2D eigenvalue weighted by atomic mass is 10.1. The number of alkyl halides is 1. The molecule has 3 rings (SSSR count). The molecule has 3 aromatic rings. The van der Waals surface area contributed by atoms with Crippen LogP contribution in [0.4, 0.5) is 0 Å². The van der Waals surface area contributed by atoms with Crippen LogP contribution in [0.1, 0.15) is 29.3 Å². The largest absolute Gasteiger partial charge is 0.326 e. The lowest BCUT2D eigenvalue weighted by Crippen LogP contribution is -2.07. The molecule has 0 N–H and O–H groups in total. The Kier molecular flexibility index (Phi) is 3.93. The number of imidazole rings is 1. The van der Waals surface area contributed by atoms with Gasteiger partial charge in [-0.25, -0.2) is 4.98 Å². The maximum absolute atomic E-state index is 6.28. The molecule has 1 aromatic carbocycles. The second-order valence-corrected chi connectivity index (χ2v) is 6.00. The van der Waals surface area contributed by atoms with Gasteiger partial charge in [0.1, 0.15) is 11.3 Å². The summed E-state index contributed by atoms with van der Waals surface area (Å²) < 4.78 is 2.21. The Morgan fingerprint density at radius 1 is 1.29 bits per heavy atom. The zero-order valence-corrected chi connectivity index (χ0v) is 13.0. The standard InChI is InChI=1S/C17H18ClN3/c1-12-4-3-5-14(10-12)7-9-21-16-6-8-19-11-15(16)20-17(21)13(2)18/h3-6,8,10-11,13H,7,9H2,1-2H3. The molecule has 0 aliphatic heterocycles. The molecular formula is C17H18ClN3. The van der Waals surface area contributed by atoms with E-state index in [1.165, 1.54) is 11.1 Å². The minimum atomic E-state index is -0.116. The summed E-state index contributed by atoms with van der Waals surface area (Å²) in [4.78, 5) is 8.75. The fraction of sp³-hybridized carbons (Fsp3) is 0.294. The summed E-state index contributed by atoms with van der Waals surface area (Å²) >= 11 is 6.28. The van der Waals surface area contributed by atoms with Crippen molar-refractivity contribution in [3.8, 4) is 0 Å². The summed E-state index contributed by atoms with van der Waals surface area (Å²) in [7, 11) is 0. The predicted molar refractivity (Wildman–Crippen MR) is 86.7 cm³/mol. The van der Waals surface area contributed by atoms with Gasteiger partial charge in [-0.1, -0.05) is 29.8 Å². The Balaban J connectivity index is 1.93. The first-order valence-corrected chi connectivity index (χ1v) is 7.58. The number of halogens is 1. The van der Waals surface area contributed by atoms with Crippen LogP contribution in [0.5, 0.6) is 0 Å². The van der Waals surface area contributed by atoms with Crippen molar-refractivity contribution in [2.75, 3.05) is 0 Å². The highest BCUT2D eigenvalue weighted by Crippen LogP contribution is 2.24. The first-order chi connectivity index (χ1) is 10.1. The highest BCUT2D eigenvalue weighted by Gasteiger charge is 2.14. The van der Waals surface area contributed by atoms with E-state index in [9.17, 15) is 0 Å². The number of hydrogen-bond acceptors (Lipinski definition) is 2. The smallest absolute Gasteiger partial charge is 0.127 e.